The number of aliphatic hydroxyl groups excluding tert-OH is 1. The Morgan fingerprint density at radius 1 is 1.02 bits per heavy atom. The van der Waals surface area contributed by atoms with Crippen LogP contribution in [-0.2, 0) is 19.2 Å². The third-order valence-corrected chi connectivity index (χ3v) is 6.15. The minimum Gasteiger partial charge on any atom is -0.481 e. The van der Waals surface area contributed by atoms with Crippen LogP contribution in [0, 0.1) is 34.6 Å². The zero-order valence-corrected chi connectivity index (χ0v) is 23.4. The van der Waals surface area contributed by atoms with Gasteiger partial charge < -0.3 is 30.9 Å². The van der Waals surface area contributed by atoms with Gasteiger partial charge in [-0.2, -0.15) is 8.78 Å². The van der Waals surface area contributed by atoms with E-state index in [-0.39, 0.29) is 18.0 Å². The van der Waals surface area contributed by atoms with Crippen LogP contribution in [-0.4, -0.2) is 59.2 Å². The first kappa shape index (κ1) is 34.0. The van der Waals surface area contributed by atoms with Gasteiger partial charge in [0.2, 0.25) is 23.8 Å². The summed E-state index contributed by atoms with van der Waals surface area (Å²) in [4.78, 5) is 48.9. The molecule has 0 radical (unpaired) electrons. The SMILES string of the molecule is C[C@H](CNC(=O)C(O)NC1=C(C(C)(C)C)CC=CC=C1)C(=O)N[C@@H](CC(=O)O)C(=O)COc1c(F)c(F)cc(F)c1F. The molecule has 3 atom stereocenters. The van der Waals surface area contributed by atoms with E-state index < -0.39 is 83.8 Å². The number of carboxylic acids is 1. The van der Waals surface area contributed by atoms with Gasteiger partial charge in [0.15, 0.2) is 23.2 Å². The summed E-state index contributed by atoms with van der Waals surface area (Å²) in [6, 6.07) is -1.81. The van der Waals surface area contributed by atoms with E-state index >= 15 is 0 Å². The van der Waals surface area contributed by atoms with E-state index in [2.05, 4.69) is 20.7 Å². The van der Waals surface area contributed by atoms with Crippen LogP contribution in [0.1, 0.15) is 40.5 Å². The molecule has 0 saturated carbocycles. The van der Waals surface area contributed by atoms with Gasteiger partial charge in [-0.1, -0.05) is 45.9 Å². The Morgan fingerprint density at radius 3 is 2.21 bits per heavy atom. The van der Waals surface area contributed by atoms with Gasteiger partial charge >= 0.3 is 5.97 Å². The summed E-state index contributed by atoms with van der Waals surface area (Å²) in [6.45, 7) is 5.74. The second kappa shape index (κ2) is 14.6. The largest absolute Gasteiger partial charge is 0.481 e. The van der Waals surface area contributed by atoms with Crippen molar-refractivity contribution in [1.82, 2.24) is 16.0 Å². The highest BCUT2D eigenvalue weighted by Crippen LogP contribution is 2.32. The van der Waals surface area contributed by atoms with Crippen LogP contribution >= 0.6 is 0 Å². The monoisotopic (exact) mass is 599 g/mol. The number of carboxylic acid groups (broad SMARTS) is 1. The number of Topliss-reactive ketones (excluding diaryl/α,β-unsaturated/α-hetero) is 1. The van der Waals surface area contributed by atoms with E-state index in [1.165, 1.54) is 6.92 Å². The van der Waals surface area contributed by atoms with Crippen LogP contribution in [0.25, 0.3) is 0 Å². The van der Waals surface area contributed by atoms with Crippen molar-refractivity contribution >= 4 is 23.6 Å². The fourth-order valence-corrected chi connectivity index (χ4v) is 3.78. The van der Waals surface area contributed by atoms with E-state index in [1.807, 2.05) is 32.9 Å². The van der Waals surface area contributed by atoms with E-state index in [9.17, 15) is 41.8 Å². The second-order valence-electron chi connectivity index (χ2n) is 10.5. The van der Waals surface area contributed by atoms with Crippen molar-refractivity contribution in [3.63, 3.8) is 0 Å². The molecule has 0 aromatic heterocycles. The Balaban J connectivity index is 2.00. The number of allylic oxidation sites excluding steroid dienone is 5. The predicted octanol–water partition coefficient (Wildman–Crippen LogP) is 2.63. The molecule has 1 aromatic rings. The number of aliphatic carboxylic acids is 1. The summed E-state index contributed by atoms with van der Waals surface area (Å²) in [5, 5.41) is 26.8. The first-order valence-corrected chi connectivity index (χ1v) is 12.8. The molecule has 42 heavy (non-hydrogen) atoms. The van der Waals surface area contributed by atoms with E-state index in [0.29, 0.717) is 12.1 Å². The van der Waals surface area contributed by atoms with E-state index in [1.54, 1.807) is 12.2 Å². The van der Waals surface area contributed by atoms with Gasteiger partial charge in [0.05, 0.1) is 12.3 Å². The van der Waals surface area contributed by atoms with Gasteiger partial charge in [-0.3, -0.25) is 19.2 Å². The number of hydrogen-bond acceptors (Lipinski definition) is 7. The van der Waals surface area contributed by atoms with Crippen LogP contribution in [0.4, 0.5) is 17.6 Å². The molecule has 2 rings (SSSR count). The summed E-state index contributed by atoms with van der Waals surface area (Å²) in [5.74, 6) is -14.4. The first-order chi connectivity index (χ1) is 19.5. The van der Waals surface area contributed by atoms with Crippen molar-refractivity contribution in [3.05, 3.63) is 64.9 Å². The zero-order chi connectivity index (χ0) is 31.8. The van der Waals surface area contributed by atoms with Crippen LogP contribution in [0.5, 0.6) is 5.75 Å². The number of hydrogen-bond donors (Lipinski definition) is 5. The van der Waals surface area contributed by atoms with Crippen molar-refractivity contribution in [2.75, 3.05) is 13.2 Å². The molecule has 230 valence electrons. The average molecular weight is 600 g/mol. The lowest BCUT2D eigenvalue weighted by Crippen LogP contribution is -2.49. The molecule has 10 nitrogen and oxygen atoms in total. The number of halogens is 4. The van der Waals surface area contributed by atoms with Gasteiger partial charge in [-0.15, -0.1) is 0 Å². The number of nitrogens with one attached hydrogen (secondary N) is 3. The van der Waals surface area contributed by atoms with E-state index in [4.69, 9.17) is 5.11 Å². The molecular formula is C28H33F4N3O7. The van der Waals surface area contributed by atoms with Crippen molar-refractivity contribution in [2.24, 2.45) is 11.3 Å². The van der Waals surface area contributed by atoms with Crippen LogP contribution < -0.4 is 20.7 Å². The van der Waals surface area contributed by atoms with Gasteiger partial charge in [0.1, 0.15) is 12.6 Å². The van der Waals surface area contributed by atoms with Gasteiger partial charge in [0.25, 0.3) is 5.91 Å². The zero-order valence-electron chi connectivity index (χ0n) is 23.4. The number of amides is 2. The second-order valence-corrected chi connectivity index (χ2v) is 10.5. The average Bonchev–Trinajstić information content (AvgIpc) is 3.15. The molecule has 0 bridgehead atoms. The highest BCUT2D eigenvalue weighted by atomic mass is 19.2. The summed E-state index contributed by atoms with van der Waals surface area (Å²) in [6.07, 6.45) is 5.20. The molecule has 1 aromatic carbocycles. The summed E-state index contributed by atoms with van der Waals surface area (Å²) < 4.78 is 58.9. The molecule has 0 heterocycles. The normalized spacial score (nSPS) is 15.4. The Morgan fingerprint density at radius 2 is 1.64 bits per heavy atom. The number of carbonyl (C=O) groups excluding carboxylic acids is 3. The quantitative estimate of drug-likeness (QED) is 0.132. The maximum Gasteiger partial charge on any atom is 0.305 e. The molecule has 0 saturated heterocycles. The van der Waals surface area contributed by atoms with Crippen LogP contribution in [0.3, 0.4) is 0 Å². The molecule has 2 amide bonds. The van der Waals surface area contributed by atoms with Crippen molar-refractivity contribution in [1.29, 1.82) is 0 Å². The fraction of sp³-hybridized carbons (Fsp3) is 0.429. The minimum atomic E-state index is -1.90. The molecule has 1 aliphatic carbocycles. The lowest BCUT2D eigenvalue weighted by molar-refractivity contribution is -0.140. The number of rotatable bonds is 13. The molecule has 1 unspecified atom stereocenters. The number of aliphatic hydroxyl groups is 1. The maximum atomic E-state index is 13.8. The Bertz CT molecular complexity index is 1280. The Kier molecular flexibility index (Phi) is 11.8. The van der Waals surface area contributed by atoms with Gasteiger partial charge in [-0.05, 0) is 23.5 Å². The summed E-state index contributed by atoms with van der Waals surface area (Å²) in [5.41, 5.74) is 1.23. The molecular weight excluding hydrogens is 566 g/mol. The molecule has 0 aliphatic heterocycles. The molecule has 14 heteroatoms. The van der Waals surface area contributed by atoms with Crippen molar-refractivity contribution in [3.8, 4) is 5.75 Å². The standard InChI is InChI=1S/C28H33F4N3O7/c1-14(12-33-26(40)27(41)34-18-9-7-5-6-8-15(18)28(2,3)4)25(39)35-19(11-21(37)38)20(36)13-42-24-22(31)16(29)10-17(30)23(24)32/h5-7,9-10,14,19,27,34,41H,8,11-13H2,1-4H3,(H,33,40)(H,35,39)(H,37,38)/t14-,19+,27?/m1/s1. The number of benzene rings is 1. The summed E-state index contributed by atoms with van der Waals surface area (Å²) in [7, 11) is 0. The van der Waals surface area contributed by atoms with Crippen molar-refractivity contribution < 1.29 is 51.7 Å². The lowest BCUT2D eigenvalue weighted by Gasteiger charge is -2.26. The molecule has 1 aliphatic rings. The maximum absolute atomic E-state index is 13.8. The highest BCUT2D eigenvalue weighted by molar-refractivity contribution is 5.93. The summed E-state index contributed by atoms with van der Waals surface area (Å²) >= 11 is 0. The lowest BCUT2D eigenvalue weighted by atomic mass is 9.83. The minimum absolute atomic E-state index is 0.0613. The smallest absolute Gasteiger partial charge is 0.305 e. The predicted molar refractivity (Wildman–Crippen MR) is 142 cm³/mol. The fourth-order valence-electron chi connectivity index (χ4n) is 3.78. The molecule has 0 fully saturated rings. The third-order valence-electron chi connectivity index (χ3n) is 6.15. The molecule has 5 N–H and O–H groups in total. The van der Waals surface area contributed by atoms with Crippen molar-refractivity contribution in [2.45, 2.75) is 52.8 Å². The van der Waals surface area contributed by atoms with Gasteiger partial charge in [0, 0.05) is 18.3 Å². The van der Waals surface area contributed by atoms with Crippen LogP contribution in [0.2, 0.25) is 0 Å². The Hall–Kier alpha value is -4.20. The first-order valence-electron chi connectivity index (χ1n) is 12.8. The topological polar surface area (TPSA) is 154 Å². The number of ether oxygens (including phenoxy) is 1. The number of carbonyl (C=O) groups is 4. The third kappa shape index (κ3) is 9.43. The van der Waals surface area contributed by atoms with E-state index in [0.717, 1.165) is 5.57 Å². The number of ketones is 1. The Labute approximate surface area is 239 Å². The molecule has 0 spiro atoms. The van der Waals surface area contributed by atoms with Crippen LogP contribution in [0.15, 0.2) is 41.6 Å². The van der Waals surface area contributed by atoms with Gasteiger partial charge in [-0.25, -0.2) is 8.78 Å². The highest BCUT2D eigenvalue weighted by Gasteiger charge is 2.29.